The number of nitrogens with zero attached hydrogens (tertiary/aromatic N) is 4. The average Bonchev–Trinajstić information content (AvgIpc) is 3.41. The van der Waals surface area contributed by atoms with Crippen molar-refractivity contribution >= 4 is 50.7 Å². The number of halogens is 2. The maximum Gasteiger partial charge on any atom is 0.233 e. The summed E-state index contributed by atoms with van der Waals surface area (Å²) >= 11 is 13.6. The summed E-state index contributed by atoms with van der Waals surface area (Å²) in [7, 11) is 0.151. The molecule has 1 fully saturated rings. The van der Waals surface area contributed by atoms with E-state index in [0.29, 0.717) is 38.9 Å². The number of rotatable bonds is 7. The van der Waals surface area contributed by atoms with E-state index in [9.17, 15) is 13.2 Å². The lowest BCUT2D eigenvalue weighted by Gasteiger charge is -2.23. The van der Waals surface area contributed by atoms with Crippen LogP contribution in [0, 0.1) is 0 Å². The molecular formula is C22H22Cl2N4O4S2. The van der Waals surface area contributed by atoms with Crippen LogP contribution in [0.3, 0.4) is 0 Å². The molecular weight excluding hydrogens is 519 g/mol. The van der Waals surface area contributed by atoms with Gasteiger partial charge in [-0.15, -0.1) is 10.2 Å². The summed E-state index contributed by atoms with van der Waals surface area (Å²) in [5.74, 6) is 1.28. The molecule has 0 spiro atoms. The van der Waals surface area contributed by atoms with Crippen LogP contribution in [0.5, 0.6) is 5.75 Å². The van der Waals surface area contributed by atoms with E-state index < -0.39 is 9.84 Å². The molecule has 0 bridgehead atoms. The van der Waals surface area contributed by atoms with Gasteiger partial charge in [-0.2, -0.15) is 0 Å². The number of methoxy groups -OCH3 is 1. The van der Waals surface area contributed by atoms with Gasteiger partial charge in [0.1, 0.15) is 5.75 Å². The van der Waals surface area contributed by atoms with Gasteiger partial charge in [0.2, 0.25) is 5.91 Å². The fourth-order valence-electron chi connectivity index (χ4n) is 3.66. The van der Waals surface area contributed by atoms with Gasteiger partial charge in [-0.25, -0.2) is 8.42 Å². The van der Waals surface area contributed by atoms with Gasteiger partial charge < -0.3 is 9.64 Å². The number of carbonyl (C=O) groups is 1. The van der Waals surface area contributed by atoms with Crippen molar-refractivity contribution < 1.29 is 17.9 Å². The number of hydrogen-bond acceptors (Lipinski definition) is 7. The molecule has 0 radical (unpaired) electrons. The van der Waals surface area contributed by atoms with Crippen molar-refractivity contribution in [1.29, 1.82) is 0 Å². The third-order valence-corrected chi connectivity index (χ3v) is 9.02. The Labute approximate surface area is 212 Å². The molecule has 1 aliphatic heterocycles. The van der Waals surface area contributed by atoms with Crippen LogP contribution in [0.2, 0.25) is 10.0 Å². The monoisotopic (exact) mass is 540 g/mol. The van der Waals surface area contributed by atoms with Crippen molar-refractivity contribution in [1.82, 2.24) is 19.7 Å². The standard InChI is InChI=1S/C22H22Cl2N4O4S2/c1-27(16-9-10-34(30,31)13-16)20(29)12-33-22-26-25-21(14-3-6-17(32-2)7-4-14)28(22)15-5-8-18(23)19(24)11-15/h3-8,11,16H,9-10,12-13H2,1-2H3/t16-/m0/s1. The topological polar surface area (TPSA) is 94.4 Å². The average molecular weight is 541 g/mol. The molecule has 0 aliphatic carbocycles. The van der Waals surface area contributed by atoms with Crippen molar-refractivity contribution in [2.45, 2.75) is 17.6 Å². The molecule has 180 valence electrons. The van der Waals surface area contributed by atoms with Crippen molar-refractivity contribution in [2.75, 3.05) is 31.4 Å². The quantitative estimate of drug-likeness (QED) is 0.418. The summed E-state index contributed by atoms with van der Waals surface area (Å²) in [5, 5.41) is 9.96. The first-order chi connectivity index (χ1) is 16.2. The first kappa shape index (κ1) is 24.8. The van der Waals surface area contributed by atoms with E-state index in [-0.39, 0.29) is 29.2 Å². The normalized spacial score (nSPS) is 17.0. The molecule has 4 rings (SSSR count). The van der Waals surface area contributed by atoms with Crippen LogP contribution in [-0.4, -0.2) is 71.4 Å². The van der Waals surface area contributed by atoms with Gasteiger partial charge in [-0.1, -0.05) is 35.0 Å². The number of aromatic nitrogens is 3. The summed E-state index contributed by atoms with van der Waals surface area (Å²) in [6.45, 7) is 0. The zero-order valence-corrected chi connectivity index (χ0v) is 21.6. The minimum atomic E-state index is -3.08. The molecule has 1 aromatic heterocycles. The summed E-state index contributed by atoms with van der Waals surface area (Å²) in [6, 6.07) is 12.3. The molecule has 2 heterocycles. The lowest BCUT2D eigenvalue weighted by Crippen LogP contribution is -2.38. The molecule has 0 unspecified atom stereocenters. The van der Waals surface area contributed by atoms with Crippen LogP contribution < -0.4 is 4.74 Å². The Morgan fingerprint density at radius 2 is 1.91 bits per heavy atom. The molecule has 12 heteroatoms. The van der Waals surface area contributed by atoms with E-state index >= 15 is 0 Å². The summed E-state index contributed by atoms with van der Waals surface area (Å²) < 4.78 is 30.6. The highest BCUT2D eigenvalue weighted by Gasteiger charge is 2.32. The second-order valence-electron chi connectivity index (χ2n) is 7.82. The number of carbonyl (C=O) groups excluding carboxylic acids is 1. The highest BCUT2D eigenvalue weighted by Crippen LogP contribution is 2.32. The van der Waals surface area contributed by atoms with Gasteiger partial charge in [-0.3, -0.25) is 9.36 Å². The summed E-state index contributed by atoms with van der Waals surface area (Å²) in [5.41, 5.74) is 1.49. The molecule has 0 saturated carbocycles. The molecule has 1 atom stereocenters. The SMILES string of the molecule is COc1ccc(-c2nnc(SCC(=O)N(C)[C@H]3CCS(=O)(=O)C3)n2-c2ccc(Cl)c(Cl)c2)cc1. The minimum absolute atomic E-state index is 0.000973. The first-order valence-corrected chi connectivity index (χ1v) is 13.9. The van der Waals surface area contributed by atoms with Gasteiger partial charge in [0.05, 0.1) is 40.1 Å². The molecule has 0 N–H and O–H groups in total. The Morgan fingerprint density at radius 3 is 2.53 bits per heavy atom. The highest BCUT2D eigenvalue weighted by molar-refractivity contribution is 7.99. The fourth-order valence-corrected chi connectivity index (χ4v) is 6.60. The van der Waals surface area contributed by atoms with Crippen molar-refractivity contribution in [3.8, 4) is 22.8 Å². The largest absolute Gasteiger partial charge is 0.497 e. The van der Waals surface area contributed by atoms with E-state index in [1.165, 1.54) is 16.7 Å². The Balaban J connectivity index is 1.62. The van der Waals surface area contributed by atoms with Crippen LogP contribution in [0.1, 0.15) is 6.42 Å². The lowest BCUT2D eigenvalue weighted by molar-refractivity contribution is -0.128. The van der Waals surface area contributed by atoms with Crippen LogP contribution in [0.4, 0.5) is 0 Å². The van der Waals surface area contributed by atoms with Gasteiger partial charge in [0, 0.05) is 18.7 Å². The Bertz CT molecular complexity index is 1310. The summed E-state index contributed by atoms with van der Waals surface area (Å²) in [4.78, 5) is 14.3. The summed E-state index contributed by atoms with van der Waals surface area (Å²) in [6.07, 6.45) is 0.455. The number of ether oxygens (including phenoxy) is 1. The molecule has 1 amide bonds. The van der Waals surface area contributed by atoms with E-state index in [4.69, 9.17) is 27.9 Å². The predicted molar refractivity (Wildman–Crippen MR) is 134 cm³/mol. The zero-order valence-electron chi connectivity index (χ0n) is 18.4. The Morgan fingerprint density at radius 1 is 1.18 bits per heavy atom. The van der Waals surface area contributed by atoms with Gasteiger partial charge in [-0.05, 0) is 48.9 Å². The van der Waals surface area contributed by atoms with Crippen LogP contribution in [-0.2, 0) is 14.6 Å². The zero-order chi connectivity index (χ0) is 24.5. The number of benzene rings is 2. The van der Waals surface area contributed by atoms with Crippen molar-refractivity contribution in [3.05, 3.63) is 52.5 Å². The molecule has 1 saturated heterocycles. The van der Waals surface area contributed by atoms with E-state index in [0.717, 1.165) is 5.56 Å². The molecule has 34 heavy (non-hydrogen) atoms. The minimum Gasteiger partial charge on any atom is -0.497 e. The third kappa shape index (κ3) is 5.35. The van der Waals surface area contributed by atoms with Gasteiger partial charge in [0.15, 0.2) is 20.8 Å². The lowest BCUT2D eigenvalue weighted by atomic mass is 10.2. The number of amides is 1. The maximum atomic E-state index is 12.8. The second kappa shape index (κ2) is 10.2. The van der Waals surface area contributed by atoms with Crippen LogP contribution in [0.15, 0.2) is 47.6 Å². The molecule has 3 aromatic rings. The third-order valence-electron chi connectivity index (χ3n) is 5.62. The number of sulfone groups is 1. The highest BCUT2D eigenvalue weighted by atomic mass is 35.5. The van der Waals surface area contributed by atoms with E-state index in [2.05, 4.69) is 10.2 Å². The predicted octanol–water partition coefficient (Wildman–Crippen LogP) is 3.99. The molecule has 8 nitrogen and oxygen atoms in total. The van der Waals surface area contributed by atoms with Crippen molar-refractivity contribution in [3.63, 3.8) is 0 Å². The fraction of sp³-hybridized carbons (Fsp3) is 0.318. The smallest absolute Gasteiger partial charge is 0.233 e. The number of thioether (sulfide) groups is 1. The van der Waals surface area contributed by atoms with Crippen molar-refractivity contribution in [2.24, 2.45) is 0 Å². The van der Waals surface area contributed by atoms with Crippen LogP contribution in [0.25, 0.3) is 17.1 Å². The van der Waals surface area contributed by atoms with Gasteiger partial charge >= 0.3 is 0 Å². The van der Waals surface area contributed by atoms with E-state index in [1.54, 1.807) is 32.4 Å². The molecule has 1 aliphatic rings. The Kier molecular flexibility index (Phi) is 7.42. The molecule has 2 aromatic carbocycles. The maximum absolute atomic E-state index is 12.8. The number of hydrogen-bond donors (Lipinski definition) is 0. The van der Waals surface area contributed by atoms with E-state index in [1.807, 2.05) is 28.8 Å². The first-order valence-electron chi connectivity index (χ1n) is 10.3. The van der Waals surface area contributed by atoms with Crippen LogP contribution >= 0.6 is 35.0 Å². The Hall–Kier alpha value is -2.27. The van der Waals surface area contributed by atoms with Gasteiger partial charge in [0.25, 0.3) is 0 Å². The second-order valence-corrected chi connectivity index (χ2v) is 11.8.